The van der Waals surface area contributed by atoms with Crippen LogP contribution in [0, 0.1) is 0 Å². The highest BCUT2D eigenvalue weighted by Crippen LogP contribution is 2.22. The van der Waals surface area contributed by atoms with Crippen LogP contribution in [0.5, 0.6) is 0 Å². The fraction of sp³-hybridized carbons (Fsp3) is 0.188. The van der Waals surface area contributed by atoms with Crippen LogP contribution in [0.25, 0.3) is 29.0 Å². The highest BCUT2D eigenvalue weighted by molar-refractivity contribution is 5.82. The van der Waals surface area contributed by atoms with Gasteiger partial charge in [-0.1, -0.05) is 38.6 Å². The number of aromatic amines is 1. The van der Waals surface area contributed by atoms with Crippen molar-refractivity contribution in [3.8, 4) is 0 Å². The summed E-state index contributed by atoms with van der Waals surface area (Å²) in [4.78, 5) is 7.85. The molecule has 1 aromatic carbocycles. The van der Waals surface area contributed by atoms with Crippen molar-refractivity contribution >= 4 is 29.0 Å². The molecule has 0 aliphatic carbocycles. The Balaban J connectivity index is 0.000000637. The van der Waals surface area contributed by atoms with Gasteiger partial charge in [-0.25, -0.2) is 4.98 Å². The van der Waals surface area contributed by atoms with E-state index in [1.54, 1.807) is 0 Å². The first kappa shape index (κ1) is 13.1. The highest BCUT2D eigenvalue weighted by Gasteiger charge is 2.11. The molecule has 2 aromatic heterocycles. The summed E-state index contributed by atoms with van der Waals surface area (Å²) >= 11 is 0. The molecule has 0 bridgehead atoms. The van der Waals surface area contributed by atoms with Crippen LogP contribution < -0.4 is 0 Å². The van der Waals surface area contributed by atoms with E-state index in [0.29, 0.717) is 0 Å². The molecule has 0 saturated heterocycles. The summed E-state index contributed by atoms with van der Waals surface area (Å²) in [6, 6.07) is 8.09. The number of aromatic nitrogens is 3. The molecule has 3 rings (SSSR count). The first-order valence-corrected chi connectivity index (χ1v) is 6.59. The highest BCUT2D eigenvalue weighted by atomic mass is 15.1. The minimum absolute atomic E-state index is 0.856. The molecule has 19 heavy (non-hydrogen) atoms. The standard InChI is InChI=1S/C14H13N3.C2H6/c1-3-7-10-12(4-2)17-13-9-6-5-8-11(13)16-14(17)15-10;1-2/h3-9H,2H2,1H3,(H,15,16);1-2H3/b7-3-;. The molecule has 3 nitrogen and oxygen atoms in total. The number of hydrogen-bond donors (Lipinski definition) is 1. The van der Waals surface area contributed by atoms with Gasteiger partial charge >= 0.3 is 0 Å². The Bertz CT molecular complexity index is 729. The van der Waals surface area contributed by atoms with Gasteiger partial charge in [-0.05, 0) is 31.2 Å². The third kappa shape index (κ3) is 2.08. The van der Waals surface area contributed by atoms with Gasteiger partial charge in [0.1, 0.15) is 0 Å². The minimum Gasteiger partial charge on any atom is -0.323 e. The van der Waals surface area contributed by atoms with Gasteiger partial charge in [0.2, 0.25) is 5.78 Å². The second-order valence-electron chi connectivity index (χ2n) is 3.89. The number of allylic oxidation sites excluding steroid dienone is 1. The maximum Gasteiger partial charge on any atom is 0.213 e. The average Bonchev–Trinajstić information content (AvgIpc) is 2.96. The van der Waals surface area contributed by atoms with Crippen LogP contribution in [-0.4, -0.2) is 14.4 Å². The van der Waals surface area contributed by atoms with Crippen molar-refractivity contribution < 1.29 is 0 Å². The molecule has 0 saturated carbocycles. The molecular formula is C16H19N3. The van der Waals surface area contributed by atoms with E-state index in [2.05, 4.69) is 27.0 Å². The Morgan fingerprint density at radius 2 is 2.00 bits per heavy atom. The van der Waals surface area contributed by atoms with E-state index in [0.717, 1.165) is 28.2 Å². The molecule has 0 spiro atoms. The SMILES string of the molecule is C=Cc1c(/C=C\C)[nH]c2nc3ccccc3n12.CC. The molecule has 0 amide bonds. The lowest BCUT2D eigenvalue weighted by Crippen LogP contribution is -1.85. The number of benzene rings is 1. The maximum atomic E-state index is 4.55. The molecule has 3 heteroatoms. The average molecular weight is 253 g/mol. The van der Waals surface area contributed by atoms with Crippen LogP contribution in [0.15, 0.2) is 36.9 Å². The summed E-state index contributed by atoms with van der Waals surface area (Å²) in [5, 5.41) is 0. The molecule has 0 unspecified atom stereocenters. The van der Waals surface area contributed by atoms with Crippen molar-refractivity contribution in [2.75, 3.05) is 0 Å². The zero-order valence-corrected chi connectivity index (χ0v) is 11.6. The van der Waals surface area contributed by atoms with E-state index in [1.807, 2.05) is 57.2 Å². The predicted molar refractivity (Wildman–Crippen MR) is 83.2 cm³/mol. The quantitative estimate of drug-likeness (QED) is 0.715. The van der Waals surface area contributed by atoms with E-state index in [4.69, 9.17) is 0 Å². The third-order valence-corrected chi connectivity index (χ3v) is 2.85. The van der Waals surface area contributed by atoms with Gasteiger partial charge in [0.15, 0.2) is 0 Å². The first-order valence-electron chi connectivity index (χ1n) is 6.59. The van der Waals surface area contributed by atoms with Crippen molar-refractivity contribution in [2.24, 2.45) is 0 Å². The van der Waals surface area contributed by atoms with Crippen molar-refractivity contribution in [1.29, 1.82) is 0 Å². The fourth-order valence-electron chi connectivity index (χ4n) is 2.15. The molecule has 0 fully saturated rings. The number of H-pyrrole nitrogens is 1. The Hall–Kier alpha value is -2.29. The van der Waals surface area contributed by atoms with E-state index in [-0.39, 0.29) is 0 Å². The molecule has 0 atom stereocenters. The Morgan fingerprint density at radius 1 is 1.26 bits per heavy atom. The summed E-state index contributed by atoms with van der Waals surface area (Å²) in [6.07, 6.45) is 5.88. The van der Waals surface area contributed by atoms with E-state index in [9.17, 15) is 0 Å². The van der Waals surface area contributed by atoms with E-state index in [1.165, 1.54) is 0 Å². The van der Waals surface area contributed by atoms with E-state index >= 15 is 0 Å². The van der Waals surface area contributed by atoms with Crippen molar-refractivity contribution in [1.82, 2.24) is 14.4 Å². The molecule has 3 aromatic rings. The van der Waals surface area contributed by atoms with Crippen LogP contribution in [0.2, 0.25) is 0 Å². The lowest BCUT2D eigenvalue weighted by Gasteiger charge is -1.95. The van der Waals surface area contributed by atoms with Crippen LogP contribution in [0.1, 0.15) is 32.2 Å². The van der Waals surface area contributed by atoms with Crippen LogP contribution >= 0.6 is 0 Å². The number of hydrogen-bond acceptors (Lipinski definition) is 1. The number of nitrogens with one attached hydrogen (secondary N) is 1. The lowest BCUT2D eigenvalue weighted by atomic mass is 10.2. The second kappa shape index (κ2) is 5.57. The van der Waals surface area contributed by atoms with Crippen molar-refractivity contribution in [3.05, 3.63) is 48.3 Å². The molecule has 2 heterocycles. The van der Waals surface area contributed by atoms with Gasteiger partial charge in [-0.3, -0.25) is 4.40 Å². The largest absolute Gasteiger partial charge is 0.323 e. The number of imidazole rings is 2. The fourth-order valence-corrected chi connectivity index (χ4v) is 2.15. The molecule has 0 radical (unpaired) electrons. The van der Waals surface area contributed by atoms with Gasteiger partial charge in [0.25, 0.3) is 0 Å². The topological polar surface area (TPSA) is 33.1 Å². The smallest absolute Gasteiger partial charge is 0.213 e. The zero-order chi connectivity index (χ0) is 13.8. The molecule has 0 aliphatic heterocycles. The lowest BCUT2D eigenvalue weighted by molar-refractivity contribution is 1.23. The Morgan fingerprint density at radius 3 is 2.68 bits per heavy atom. The number of fused-ring (bicyclic) bond motifs is 3. The van der Waals surface area contributed by atoms with Crippen LogP contribution in [0.4, 0.5) is 0 Å². The van der Waals surface area contributed by atoms with E-state index < -0.39 is 0 Å². The maximum absolute atomic E-state index is 4.55. The van der Waals surface area contributed by atoms with Crippen molar-refractivity contribution in [3.63, 3.8) is 0 Å². The zero-order valence-electron chi connectivity index (χ0n) is 11.6. The molecule has 1 N–H and O–H groups in total. The Labute approximate surface area is 113 Å². The molecule has 98 valence electrons. The van der Waals surface area contributed by atoms with Crippen LogP contribution in [0.3, 0.4) is 0 Å². The summed E-state index contributed by atoms with van der Waals surface area (Å²) < 4.78 is 2.09. The number of rotatable bonds is 2. The van der Waals surface area contributed by atoms with Gasteiger partial charge in [0, 0.05) is 0 Å². The summed E-state index contributed by atoms with van der Waals surface area (Å²) in [5.41, 5.74) is 4.18. The van der Waals surface area contributed by atoms with Gasteiger partial charge < -0.3 is 4.98 Å². The third-order valence-electron chi connectivity index (χ3n) is 2.85. The van der Waals surface area contributed by atoms with Gasteiger partial charge in [-0.2, -0.15) is 0 Å². The van der Waals surface area contributed by atoms with Gasteiger partial charge in [-0.15, -0.1) is 0 Å². The summed E-state index contributed by atoms with van der Waals surface area (Å²) in [6.45, 7) is 9.87. The first-order chi connectivity index (χ1) is 9.35. The normalized spacial score (nSPS) is 10.9. The van der Waals surface area contributed by atoms with Gasteiger partial charge in [0.05, 0.1) is 22.4 Å². The Kier molecular flexibility index (Phi) is 3.85. The predicted octanol–water partition coefficient (Wildman–Crippen LogP) is 4.52. The number of nitrogens with zero attached hydrogens (tertiary/aromatic N) is 2. The molecular weight excluding hydrogens is 234 g/mol. The minimum atomic E-state index is 0.856. The van der Waals surface area contributed by atoms with Crippen molar-refractivity contribution in [2.45, 2.75) is 20.8 Å². The number of para-hydroxylation sites is 2. The second-order valence-corrected chi connectivity index (χ2v) is 3.89. The summed E-state index contributed by atoms with van der Waals surface area (Å²) in [5.74, 6) is 0.856. The van der Waals surface area contributed by atoms with Crippen LogP contribution in [-0.2, 0) is 0 Å². The monoisotopic (exact) mass is 253 g/mol. The summed E-state index contributed by atoms with van der Waals surface area (Å²) in [7, 11) is 0. The molecule has 0 aliphatic rings.